The van der Waals surface area contributed by atoms with Crippen molar-refractivity contribution in [1.29, 1.82) is 0 Å². The van der Waals surface area contributed by atoms with Gasteiger partial charge in [0.2, 0.25) is 17.7 Å². The van der Waals surface area contributed by atoms with Crippen molar-refractivity contribution in [2.45, 2.75) is 84.5 Å². The van der Waals surface area contributed by atoms with Gasteiger partial charge < -0.3 is 60.5 Å². The van der Waals surface area contributed by atoms with Crippen molar-refractivity contribution in [3.05, 3.63) is 131 Å². The van der Waals surface area contributed by atoms with Crippen LogP contribution in [0.2, 0.25) is 0 Å². The van der Waals surface area contributed by atoms with Crippen molar-refractivity contribution in [3.8, 4) is 22.9 Å². The number of ether oxygens (including phenoxy) is 4. The predicted molar refractivity (Wildman–Crippen MR) is 280 cm³/mol. The number of nitrogens with two attached hydrogens (primary N) is 1. The van der Waals surface area contributed by atoms with Gasteiger partial charge in [-0.3, -0.25) is 24.0 Å². The number of aryl methyl sites for hydroxylation is 2. The van der Waals surface area contributed by atoms with E-state index >= 15 is 0 Å². The number of carbonyl (C=O) groups is 6. The van der Waals surface area contributed by atoms with E-state index in [1.807, 2.05) is 38.1 Å². The molecule has 2 aliphatic rings. The Labute approximate surface area is 438 Å². The maximum absolute atomic E-state index is 14.5. The number of nitrogens with one attached hydrogen (secondary N) is 4. The van der Waals surface area contributed by atoms with Gasteiger partial charge >= 0.3 is 6.09 Å². The van der Waals surface area contributed by atoms with Crippen LogP contribution >= 0.6 is 0 Å². The second-order valence-corrected chi connectivity index (χ2v) is 18.8. The molecule has 4 heterocycles. The standard InChI is InChI=1S/C54H61N11O11/c1-30(2)48(55)51(69)57-31(3)49(67)59-36-16-14-33(15-17-36)28-76-54(72)65-41-25-46(45(74-7)24-39(41)52(70)63-26-35-12-9-8-11-34(35)21-43(63)53(65)71)75-20-10-13-47(66)58-38-22-42(62(5)27-38)50(68)60-37-18-19-40(44(23-37)73-6)64-29-56-32(4)61-64/h8-9,11-12,14-19,22-25,27,29-31,43,48,53,71H,10,13,20-21,26,28,55H2,1-7H3,(H,57,69)(H,58,66)(H,59,67)(H,60,68)/t31-,43?,48-,53?/m0/s1. The molecule has 22 heteroatoms. The third-order valence-electron chi connectivity index (χ3n) is 13.1. The van der Waals surface area contributed by atoms with Crippen LogP contribution in [0.15, 0.2) is 97.5 Å². The van der Waals surface area contributed by atoms with Gasteiger partial charge in [-0.15, -0.1) is 0 Å². The first-order valence-electron chi connectivity index (χ1n) is 24.6. The van der Waals surface area contributed by atoms with Crippen LogP contribution in [0.4, 0.5) is 27.5 Å². The fourth-order valence-electron chi connectivity index (χ4n) is 8.83. The molecule has 2 aromatic heterocycles. The number of nitrogens with zero attached hydrogens (tertiary/aromatic N) is 6. The summed E-state index contributed by atoms with van der Waals surface area (Å²) in [5.41, 5.74) is 10.6. The third-order valence-corrected chi connectivity index (χ3v) is 13.1. The van der Waals surface area contributed by atoms with Crippen molar-refractivity contribution < 1.29 is 52.8 Å². The van der Waals surface area contributed by atoms with Gasteiger partial charge in [0.1, 0.15) is 41.9 Å². The number of anilines is 4. The molecule has 6 aromatic rings. The minimum absolute atomic E-state index is 0.00504. The number of fused-ring (bicyclic) bond motifs is 3. The van der Waals surface area contributed by atoms with Gasteiger partial charge in [-0.05, 0) is 85.7 Å². The number of benzene rings is 4. The number of aromatic nitrogens is 4. The number of hydrogen-bond donors (Lipinski definition) is 6. The largest absolute Gasteiger partial charge is 0.494 e. The van der Waals surface area contributed by atoms with E-state index in [9.17, 15) is 33.9 Å². The van der Waals surface area contributed by atoms with Gasteiger partial charge in [0.15, 0.2) is 17.7 Å². The highest BCUT2D eigenvalue weighted by atomic mass is 16.6. The van der Waals surface area contributed by atoms with E-state index in [0.29, 0.717) is 39.9 Å². The minimum atomic E-state index is -1.57. The van der Waals surface area contributed by atoms with E-state index in [-0.39, 0.29) is 79.3 Å². The van der Waals surface area contributed by atoms with E-state index < -0.39 is 54.1 Å². The Morgan fingerprint density at radius 3 is 2.25 bits per heavy atom. The summed E-state index contributed by atoms with van der Waals surface area (Å²) in [6.45, 7) is 6.88. The molecule has 0 saturated carbocycles. The fourth-order valence-corrected chi connectivity index (χ4v) is 8.83. The molecular weight excluding hydrogens is 979 g/mol. The molecule has 0 spiro atoms. The zero-order chi connectivity index (χ0) is 54.4. The van der Waals surface area contributed by atoms with Crippen LogP contribution in [0.5, 0.6) is 17.2 Å². The van der Waals surface area contributed by atoms with Crippen molar-refractivity contribution >= 4 is 58.4 Å². The molecule has 2 unspecified atom stereocenters. The molecule has 76 heavy (non-hydrogen) atoms. The van der Waals surface area contributed by atoms with Crippen molar-refractivity contribution in [1.82, 2.24) is 29.5 Å². The number of amides is 6. The predicted octanol–water partition coefficient (Wildman–Crippen LogP) is 5.45. The maximum Gasteiger partial charge on any atom is 0.416 e. The van der Waals surface area contributed by atoms with Crippen LogP contribution in [0.25, 0.3) is 5.69 Å². The molecular formula is C54H61N11O11. The normalized spacial score (nSPS) is 15.5. The van der Waals surface area contributed by atoms with Crippen LogP contribution in [-0.4, -0.2) is 110 Å². The van der Waals surface area contributed by atoms with E-state index in [4.69, 9.17) is 24.7 Å². The lowest BCUT2D eigenvalue weighted by molar-refractivity contribution is -0.127. The molecule has 22 nitrogen and oxygen atoms in total. The summed E-state index contributed by atoms with van der Waals surface area (Å²) in [7, 11) is 4.61. The lowest BCUT2D eigenvalue weighted by Crippen LogP contribution is -2.55. The average Bonchev–Trinajstić information content (AvgIpc) is 4.00. The number of methoxy groups -OCH3 is 2. The number of aliphatic hydroxyl groups is 1. The van der Waals surface area contributed by atoms with E-state index in [2.05, 4.69) is 31.3 Å². The summed E-state index contributed by atoms with van der Waals surface area (Å²) < 4.78 is 26.4. The Kier molecular flexibility index (Phi) is 16.3. The SMILES string of the molecule is COc1cc2c(cc1OCCCC(=O)Nc1cc(C(=O)Nc3ccc(-n4cnc(C)n4)c(OC)c3)n(C)c1)N(C(=O)OCc1ccc(NC(=O)[C@H](C)NC(=O)[C@@H](N)C(C)C)cc1)C(O)C1Cc3ccccc3CN1C2=O. The molecule has 0 bridgehead atoms. The number of rotatable bonds is 18. The first-order chi connectivity index (χ1) is 36.4. The van der Waals surface area contributed by atoms with Crippen LogP contribution < -0.4 is 46.1 Å². The fraction of sp³-hybridized carbons (Fsp3) is 0.333. The monoisotopic (exact) mass is 1040 g/mol. The number of carbonyl (C=O) groups excluding carboxylic acids is 6. The zero-order valence-corrected chi connectivity index (χ0v) is 43.2. The van der Waals surface area contributed by atoms with Gasteiger partial charge in [-0.1, -0.05) is 50.2 Å². The Morgan fingerprint density at radius 1 is 0.829 bits per heavy atom. The quantitative estimate of drug-likeness (QED) is 0.0585. The van der Waals surface area contributed by atoms with Gasteiger partial charge in [-0.25, -0.2) is 19.4 Å². The molecule has 8 rings (SSSR count). The highest BCUT2D eigenvalue weighted by Crippen LogP contribution is 2.42. The van der Waals surface area contributed by atoms with E-state index in [1.54, 1.807) is 91.2 Å². The van der Waals surface area contributed by atoms with Crippen LogP contribution in [0, 0.1) is 12.8 Å². The molecule has 0 aliphatic carbocycles. The Balaban J connectivity index is 0.922. The van der Waals surface area contributed by atoms with Crippen molar-refractivity contribution in [2.75, 3.05) is 41.7 Å². The lowest BCUT2D eigenvalue weighted by Gasteiger charge is -2.39. The molecule has 398 valence electrons. The van der Waals surface area contributed by atoms with Crippen LogP contribution in [-0.2, 0) is 45.7 Å². The number of aliphatic hydroxyl groups excluding tert-OH is 1. The maximum atomic E-state index is 14.5. The van der Waals surface area contributed by atoms with Gasteiger partial charge in [0, 0.05) is 49.7 Å². The summed E-state index contributed by atoms with van der Waals surface area (Å²) >= 11 is 0. The van der Waals surface area contributed by atoms with Gasteiger partial charge in [-0.2, -0.15) is 5.10 Å². The smallest absolute Gasteiger partial charge is 0.416 e. The summed E-state index contributed by atoms with van der Waals surface area (Å²) in [6, 6.07) is 21.2. The summed E-state index contributed by atoms with van der Waals surface area (Å²) in [5, 5.41) is 27.6. The Hall–Kier alpha value is -8.76. The second kappa shape index (κ2) is 23.2. The Morgan fingerprint density at radius 2 is 1.55 bits per heavy atom. The van der Waals surface area contributed by atoms with Crippen molar-refractivity contribution in [2.24, 2.45) is 18.7 Å². The highest BCUT2D eigenvalue weighted by molar-refractivity contribution is 6.06. The van der Waals surface area contributed by atoms with E-state index in [0.717, 1.165) is 16.0 Å². The molecule has 6 amide bonds. The summed E-state index contributed by atoms with van der Waals surface area (Å²) in [5.74, 6) is -0.853. The van der Waals surface area contributed by atoms with Crippen LogP contribution in [0.1, 0.15) is 77.0 Å². The van der Waals surface area contributed by atoms with Crippen molar-refractivity contribution in [3.63, 3.8) is 0 Å². The second-order valence-electron chi connectivity index (χ2n) is 18.8. The molecule has 0 fully saturated rings. The van der Waals surface area contributed by atoms with Gasteiger partial charge in [0.05, 0.1) is 49.8 Å². The van der Waals surface area contributed by atoms with E-state index in [1.165, 1.54) is 31.3 Å². The first kappa shape index (κ1) is 53.5. The topological polar surface area (TPSA) is 276 Å². The van der Waals surface area contributed by atoms with Gasteiger partial charge in [0.25, 0.3) is 11.8 Å². The first-order valence-corrected chi connectivity index (χ1v) is 24.6. The number of hydrogen-bond acceptors (Lipinski definition) is 14. The molecule has 4 aromatic carbocycles. The zero-order valence-electron chi connectivity index (χ0n) is 43.2. The molecule has 4 atom stereocenters. The average molecular weight is 1040 g/mol. The minimum Gasteiger partial charge on any atom is -0.494 e. The Bertz CT molecular complexity index is 3150. The third kappa shape index (κ3) is 11.9. The lowest BCUT2D eigenvalue weighted by atomic mass is 9.93. The molecule has 0 saturated heterocycles. The highest BCUT2D eigenvalue weighted by Gasteiger charge is 2.45. The summed E-state index contributed by atoms with van der Waals surface area (Å²) in [4.78, 5) is 87.4. The molecule has 7 N–H and O–H groups in total. The van der Waals surface area contributed by atoms with Crippen LogP contribution in [0.3, 0.4) is 0 Å². The molecule has 0 radical (unpaired) electrons. The summed E-state index contributed by atoms with van der Waals surface area (Å²) in [6.07, 6.45) is 1.16. The molecule has 2 aliphatic heterocycles.